The van der Waals surface area contributed by atoms with Crippen molar-refractivity contribution in [1.82, 2.24) is 0 Å². The maximum Gasteiger partial charge on any atom is 0.212 e. The Balaban J connectivity index is 0.000000251. The Kier molecular flexibility index (Phi) is 19.1. The van der Waals surface area contributed by atoms with E-state index < -0.39 is 81.4 Å². The average molecular weight is 1300 g/mol. The van der Waals surface area contributed by atoms with Crippen LogP contribution in [0.3, 0.4) is 0 Å². The molecule has 0 saturated heterocycles. The Morgan fingerprint density at radius 1 is 0.319 bits per heavy atom. The zero-order chi connectivity index (χ0) is 79.4. The maximum atomic E-state index is 9.04. The van der Waals surface area contributed by atoms with Gasteiger partial charge in [-0.15, -0.1) is 0 Å². The molecule has 4 nitrogen and oxygen atoms in total. The summed E-state index contributed by atoms with van der Waals surface area (Å²) >= 11 is 0. The van der Waals surface area contributed by atoms with Crippen molar-refractivity contribution in [3.05, 3.63) is 189 Å². The Morgan fingerprint density at radius 2 is 0.615 bits per heavy atom. The van der Waals surface area contributed by atoms with Crippen molar-refractivity contribution in [1.29, 1.82) is 0 Å². The highest BCUT2D eigenvalue weighted by molar-refractivity contribution is 6.90. The predicted octanol–water partition coefficient (Wildman–Crippen LogP) is 18.1. The molecule has 4 aromatic heterocycles. The number of aryl methyl sites for hydroxylation is 12. The lowest BCUT2D eigenvalue weighted by Crippen LogP contribution is -2.38. The molecule has 8 aromatic rings. The molecule has 0 saturated carbocycles. The fraction of sp³-hybridized carbons (Fsp3) is 0.470. The predicted molar refractivity (Wildman–Crippen MR) is 412 cm³/mol. The number of aromatic nitrogens is 4. The summed E-state index contributed by atoms with van der Waals surface area (Å²) in [6.45, 7) is 52.9. The molecule has 0 atom stereocenters. The van der Waals surface area contributed by atoms with Crippen LogP contribution in [0.2, 0.25) is 78.6 Å². The molecule has 0 aliphatic carbocycles. The van der Waals surface area contributed by atoms with Crippen LogP contribution in [0.5, 0.6) is 0 Å². The Hall–Kier alpha value is -5.65. The molecule has 91 heavy (non-hydrogen) atoms. The van der Waals surface area contributed by atoms with Gasteiger partial charge in [0.1, 0.15) is 28.2 Å². The number of benzene rings is 4. The third-order valence-corrected chi connectivity index (χ3v) is 24.5. The first-order valence-corrected chi connectivity index (χ1v) is 46.7. The normalized spacial score (nSPS) is 15.1. The van der Waals surface area contributed by atoms with E-state index in [9.17, 15) is 0 Å². The molecule has 4 aromatic carbocycles. The van der Waals surface area contributed by atoms with Crippen molar-refractivity contribution < 1.29 is 34.7 Å². The fourth-order valence-electron chi connectivity index (χ4n) is 11.0. The Labute approximate surface area is 578 Å². The van der Waals surface area contributed by atoms with Gasteiger partial charge in [-0.05, 0) is 159 Å². The molecular weight excluding hydrogens is 1170 g/mol. The summed E-state index contributed by atoms with van der Waals surface area (Å²) in [5.41, 5.74) is 15.1. The second-order valence-electron chi connectivity index (χ2n) is 33.0. The van der Waals surface area contributed by atoms with E-state index in [1.807, 2.05) is 97.1 Å². The molecule has 8 rings (SSSR count). The van der Waals surface area contributed by atoms with E-state index in [1.165, 1.54) is 48.7 Å². The van der Waals surface area contributed by atoms with Crippen LogP contribution in [-0.2, 0) is 47.3 Å². The van der Waals surface area contributed by atoms with Gasteiger partial charge in [-0.1, -0.05) is 210 Å². The molecule has 0 radical (unpaired) electrons. The average Bonchev–Trinajstić information content (AvgIpc) is 0.742. The topological polar surface area (TPSA) is 15.5 Å². The van der Waals surface area contributed by atoms with E-state index in [0.29, 0.717) is 16.7 Å². The number of pyridine rings is 4. The van der Waals surface area contributed by atoms with Gasteiger partial charge in [-0.25, -0.2) is 18.3 Å². The molecule has 0 fully saturated rings. The van der Waals surface area contributed by atoms with Crippen LogP contribution in [0.15, 0.2) is 128 Å². The van der Waals surface area contributed by atoms with Gasteiger partial charge >= 0.3 is 0 Å². The van der Waals surface area contributed by atoms with Crippen LogP contribution in [-0.4, -0.2) is 32.3 Å². The van der Waals surface area contributed by atoms with Crippen molar-refractivity contribution in [3.63, 3.8) is 0 Å². The first-order valence-electron chi connectivity index (χ1n) is 38.7. The van der Waals surface area contributed by atoms with Gasteiger partial charge < -0.3 is 0 Å². The van der Waals surface area contributed by atoms with E-state index in [1.54, 1.807) is 43.8 Å². The van der Waals surface area contributed by atoms with Gasteiger partial charge in [-0.2, -0.15) is 0 Å². The number of rotatable bonds is 11. The third kappa shape index (κ3) is 21.7. The van der Waals surface area contributed by atoms with E-state index in [0.717, 1.165) is 50.5 Å². The molecule has 0 spiro atoms. The standard InChI is InChI=1S/C26H42NSi.C22H34NSi.C18H26NSi.C17H24NSi/c1-19-14-22(28(9,10)11)12-13-23(19)24-15-20(16-25(2,3)4)21(18-27(24)8)17-26(5,6)7;1-16-12-19(24(7,8)9)10-11-20(16)21-13-18(14-22(3,4)5)17(2)15-23(21)6;1-13-11-18(19(4)12-15(13)3)17-9-8-16(10-14(17)2)20(5,6)7;1-13-9-10-18(3)17(11-13)16-8-7-15(12-14(16)2)19(4,5)6/h12-15,18H,16-17H2,1-11H3;10-13,15H,14H2,1-9H3;8-12H,1-7H3;7-12H,1-6H3/q4*+1/i16D2,17D2;2D3,14D2;3D3;. The van der Waals surface area contributed by atoms with E-state index in [-0.39, 0.29) is 11.1 Å². The highest BCUT2D eigenvalue weighted by atomic mass is 28.3. The highest BCUT2D eigenvalue weighted by Gasteiger charge is 2.28. The summed E-state index contributed by atoms with van der Waals surface area (Å²) in [7, 11) is 2.35. The molecule has 8 heteroatoms. The van der Waals surface area contributed by atoms with E-state index in [2.05, 4.69) is 216 Å². The molecule has 0 aliphatic rings. The van der Waals surface area contributed by atoms with Gasteiger partial charge in [-0.3, -0.25) is 0 Å². The minimum absolute atomic E-state index is 0.0695. The molecular formula is C83H126N4Si4+4. The van der Waals surface area contributed by atoms with Gasteiger partial charge in [0.2, 0.25) is 22.8 Å². The molecule has 4 heterocycles. The highest BCUT2D eigenvalue weighted by Crippen LogP contribution is 2.32. The van der Waals surface area contributed by atoms with Crippen LogP contribution < -0.4 is 39.0 Å². The summed E-state index contributed by atoms with van der Waals surface area (Å²) in [6, 6.07) is 36.8. The van der Waals surface area contributed by atoms with Gasteiger partial charge in [0, 0.05) is 85.7 Å². The summed E-state index contributed by atoms with van der Waals surface area (Å²) in [5, 5.41) is 5.74. The number of hydrogen-bond donors (Lipinski definition) is 0. The van der Waals surface area contributed by atoms with Crippen molar-refractivity contribution >= 4 is 53.0 Å². The zero-order valence-corrected chi connectivity index (χ0v) is 66.4. The quantitative estimate of drug-likeness (QED) is 0.0906. The van der Waals surface area contributed by atoms with Crippen molar-refractivity contribution in [2.75, 3.05) is 0 Å². The lowest BCUT2D eigenvalue weighted by atomic mass is 9.81. The van der Waals surface area contributed by atoms with Crippen LogP contribution in [0.1, 0.15) is 140 Å². The Morgan fingerprint density at radius 3 is 0.945 bits per heavy atom. The molecule has 0 N–H and O–H groups in total. The van der Waals surface area contributed by atoms with Crippen LogP contribution >= 0.6 is 0 Å². The summed E-state index contributed by atoms with van der Waals surface area (Å²) in [5.74, 6) is 0. The van der Waals surface area contributed by atoms with E-state index >= 15 is 0 Å². The molecule has 490 valence electrons. The zero-order valence-electron chi connectivity index (χ0n) is 74.4. The molecule has 0 unspecified atom stereocenters. The molecule has 0 bridgehead atoms. The van der Waals surface area contributed by atoms with Crippen LogP contribution in [0.4, 0.5) is 0 Å². The third-order valence-electron chi connectivity index (χ3n) is 16.3. The lowest BCUT2D eigenvalue weighted by Gasteiger charge is -2.24. The summed E-state index contributed by atoms with van der Waals surface area (Å²) < 4.78 is 108. The van der Waals surface area contributed by atoms with Gasteiger partial charge in [0.25, 0.3) is 0 Å². The first-order chi connectivity index (χ1) is 46.2. The SMILES string of the molecule is Cc1cc[n+](C)c(-c2ccc([Si](C)(C)C)cc2C)c1.[2H]C([2H])([2H])c1c[n+](C)c(-c2ccc([Si](C)(C)C)cc2C)cc1C.[2H]C([2H])([2H])c1c[n+](C)c(-c2ccc([Si](C)(C)C)cc2C)cc1C([2H])([2H])C(C)(C)C.[2H]C([2H])(c1cc(-c2ccc([Si](C)(C)C)cc2C)[n+](C)cc1C([2H])([2H])C(C)(C)C)C(C)(C)C. The fourth-order valence-corrected chi connectivity index (χ4v) is 15.9. The molecule has 0 amide bonds. The van der Waals surface area contributed by atoms with Gasteiger partial charge in [0.05, 0.1) is 32.3 Å². The van der Waals surface area contributed by atoms with E-state index in [4.69, 9.17) is 16.4 Å². The van der Waals surface area contributed by atoms with Crippen LogP contribution in [0.25, 0.3) is 45.0 Å². The smallest absolute Gasteiger partial charge is 0.201 e. The Bertz CT molecular complexity index is 4390. The van der Waals surface area contributed by atoms with Crippen molar-refractivity contribution in [3.8, 4) is 45.0 Å². The minimum Gasteiger partial charge on any atom is -0.201 e. The first kappa shape index (κ1) is 59.1. The summed E-state index contributed by atoms with van der Waals surface area (Å²) in [6.07, 6.45) is 2.05. The maximum absolute atomic E-state index is 9.04. The minimum atomic E-state index is -2.39. The number of nitrogens with zero attached hydrogens (tertiary/aromatic N) is 4. The largest absolute Gasteiger partial charge is 0.212 e. The van der Waals surface area contributed by atoms with Crippen molar-refractivity contribution in [2.24, 2.45) is 44.4 Å². The molecule has 0 aliphatic heterocycles. The second kappa shape index (κ2) is 29.3. The summed E-state index contributed by atoms with van der Waals surface area (Å²) in [4.78, 5) is 0. The lowest BCUT2D eigenvalue weighted by molar-refractivity contribution is -0.661. The van der Waals surface area contributed by atoms with Gasteiger partial charge in [0.15, 0.2) is 24.8 Å². The second-order valence-corrected chi connectivity index (χ2v) is 53.3. The van der Waals surface area contributed by atoms with Crippen molar-refractivity contribution in [2.45, 2.75) is 215 Å². The monoisotopic (exact) mass is 1300 g/mol. The number of hydrogen-bond acceptors (Lipinski definition) is 0. The van der Waals surface area contributed by atoms with Crippen LogP contribution in [0, 0.1) is 71.5 Å².